The predicted molar refractivity (Wildman–Crippen MR) is 178 cm³/mol. The normalized spacial score (nSPS) is 14.3. The smallest absolute Gasteiger partial charge is 0.179 e. The summed E-state index contributed by atoms with van der Waals surface area (Å²) in [6.45, 7) is 10.7. The van der Waals surface area contributed by atoms with Crippen molar-refractivity contribution in [3.8, 4) is 23.0 Å². The first-order chi connectivity index (χ1) is 20.1. The highest BCUT2D eigenvalue weighted by Gasteiger charge is 2.21. The molecular formula is C34H34O4S3. The molecule has 4 aromatic rings. The van der Waals surface area contributed by atoms with Crippen LogP contribution in [0, 0.1) is 13.8 Å². The van der Waals surface area contributed by atoms with Gasteiger partial charge in [-0.25, -0.2) is 0 Å². The van der Waals surface area contributed by atoms with E-state index in [-0.39, 0.29) is 0 Å². The van der Waals surface area contributed by atoms with Crippen molar-refractivity contribution in [1.29, 1.82) is 0 Å². The summed E-state index contributed by atoms with van der Waals surface area (Å²) in [4.78, 5) is 7.14. The highest BCUT2D eigenvalue weighted by Crippen LogP contribution is 2.45. The molecule has 3 aromatic heterocycles. The summed E-state index contributed by atoms with van der Waals surface area (Å²) < 4.78 is 22.8. The van der Waals surface area contributed by atoms with Gasteiger partial charge in [0.15, 0.2) is 23.0 Å². The van der Waals surface area contributed by atoms with E-state index in [0.717, 1.165) is 32.8 Å². The molecule has 6 rings (SSSR count). The van der Waals surface area contributed by atoms with Gasteiger partial charge in [-0.3, -0.25) is 0 Å². The molecule has 0 N–H and O–H groups in total. The summed E-state index contributed by atoms with van der Waals surface area (Å²) in [6.07, 6.45) is 16.8. The first-order valence-electron chi connectivity index (χ1n) is 13.6. The molecule has 0 fully saturated rings. The highest BCUT2D eigenvalue weighted by atomic mass is 32.1. The third kappa shape index (κ3) is 7.22. The highest BCUT2D eigenvalue weighted by molar-refractivity contribution is 7.14. The van der Waals surface area contributed by atoms with E-state index >= 15 is 0 Å². The largest absolute Gasteiger partial charge is 0.485 e. The molecule has 7 heteroatoms. The Kier molecular flexibility index (Phi) is 9.83. The fourth-order valence-corrected chi connectivity index (χ4v) is 7.21. The number of benzene rings is 1. The summed E-state index contributed by atoms with van der Waals surface area (Å²) in [5.41, 5.74) is 2.40. The van der Waals surface area contributed by atoms with Gasteiger partial charge in [0.1, 0.15) is 26.4 Å². The zero-order valence-electron chi connectivity index (χ0n) is 23.8. The standard InChI is InChI=1S/C18H18O2S.C16H16O2S2/c1-3-4-14-5-7-15(8-6-14)9-10-16-18-17(13(2)21-16)19-11-12-20-18;1-3-4-12-5-6-13(20-12)7-8-14-16-15(11(2)19-14)17-9-10-18-16/h3-10H,11-12H2,1-2H3;3-8H,9-10H2,1-2H3/b4-3+,10-9+;4-3+,8-7+. The second-order valence-corrected chi connectivity index (χ2v) is 13.0. The van der Waals surface area contributed by atoms with Crippen LogP contribution in [-0.2, 0) is 0 Å². The van der Waals surface area contributed by atoms with E-state index in [1.54, 1.807) is 34.0 Å². The molecule has 0 amide bonds. The van der Waals surface area contributed by atoms with E-state index in [4.69, 9.17) is 18.9 Å². The van der Waals surface area contributed by atoms with Crippen molar-refractivity contribution in [3.05, 3.63) is 88.9 Å². The lowest BCUT2D eigenvalue weighted by molar-refractivity contribution is 0.172. The van der Waals surface area contributed by atoms with E-state index in [1.165, 1.54) is 30.6 Å². The lowest BCUT2D eigenvalue weighted by Crippen LogP contribution is -2.14. The van der Waals surface area contributed by atoms with Gasteiger partial charge in [0.05, 0.1) is 9.75 Å². The second kappa shape index (κ2) is 13.9. The Labute approximate surface area is 254 Å². The fourth-order valence-electron chi connectivity index (χ4n) is 4.41. The van der Waals surface area contributed by atoms with Crippen molar-refractivity contribution in [3.63, 3.8) is 0 Å². The summed E-state index contributed by atoms with van der Waals surface area (Å²) >= 11 is 5.21. The maximum absolute atomic E-state index is 5.74. The van der Waals surface area contributed by atoms with Gasteiger partial charge < -0.3 is 18.9 Å². The summed E-state index contributed by atoms with van der Waals surface area (Å²) in [7, 11) is 0. The molecule has 0 bridgehead atoms. The van der Waals surface area contributed by atoms with Crippen molar-refractivity contribution < 1.29 is 18.9 Å². The molecular weight excluding hydrogens is 569 g/mol. The molecule has 0 aliphatic carbocycles. The van der Waals surface area contributed by atoms with E-state index in [0.29, 0.717) is 26.4 Å². The van der Waals surface area contributed by atoms with Gasteiger partial charge in [-0.2, -0.15) is 0 Å². The zero-order chi connectivity index (χ0) is 28.6. The minimum atomic E-state index is 0.627. The minimum Gasteiger partial charge on any atom is -0.485 e. The Morgan fingerprint density at radius 2 is 0.927 bits per heavy atom. The Morgan fingerprint density at radius 1 is 0.488 bits per heavy atom. The van der Waals surface area contributed by atoms with Gasteiger partial charge in [-0.05, 0) is 75.3 Å². The van der Waals surface area contributed by atoms with Crippen LogP contribution in [-0.4, -0.2) is 26.4 Å². The first kappa shape index (κ1) is 29.0. The molecule has 0 saturated carbocycles. The minimum absolute atomic E-state index is 0.627. The van der Waals surface area contributed by atoms with Crippen LogP contribution in [0.5, 0.6) is 23.0 Å². The van der Waals surface area contributed by atoms with Crippen LogP contribution in [0.1, 0.15) is 54.2 Å². The molecule has 5 heterocycles. The summed E-state index contributed by atoms with van der Waals surface area (Å²) in [5.74, 6) is 3.63. The van der Waals surface area contributed by atoms with E-state index < -0.39 is 0 Å². The van der Waals surface area contributed by atoms with Crippen LogP contribution >= 0.6 is 34.0 Å². The molecule has 0 radical (unpaired) electrons. The summed E-state index contributed by atoms with van der Waals surface area (Å²) in [5, 5.41) is 0. The number of thiophene rings is 3. The first-order valence-corrected chi connectivity index (χ1v) is 16.1. The Hall–Kier alpha value is -3.52. The quantitative estimate of drug-likeness (QED) is 0.220. The number of ether oxygens (including phenoxy) is 4. The third-order valence-corrected chi connectivity index (χ3v) is 9.36. The van der Waals surface area contributed by atoms with Crippen LogP contribution in [0.25, 0.3) is 36.5 Å². The number of allylic oxidation sites excluding steroid dienone is 2. The molecule has 0 spiro atoms. The fraction of sp³-hybridized carbons (Fsp3) is 0.235. The summed E-state index contributed by atoms with van der Waals surface area (Å²) in [6, 6.07) is 12.8. The maximum Gasteiger partial charge on any atom is 0.179 e. The molecule has 0 atom stereocenters. The number of fused-ring (bicyclic) bond motifs is 2. The van der Waals surface area contributed by atoms with E-state index in [1.807, 2.05) is 19.9 Å². The average Bonchev–Trinajstić information content (AvgIpc) is 3.68. The van der Waals surface area contributed by atoms with Crippen LogP contribution in [0.3, 0.4) is 0 Å². The van der Waals surface area contributed by atoms with Crippen LogP contribution in [0.4, 0.5) is 0 Å². The van der Waals surface area contributed by atoms with Crippen molar-refractivity contribution >= 4 is 70.5 Å². The third-order valence-electron chi connectivity index (χ3n) is 6.28. The van der Waals surface area contributed by atoms with Crippen LogP contribution in [0.15, 0.2) is 48.6 Å². The monoisotopic (exact) mass is 602 g/mol. The van der Waals surface area contributed by atoms with Gasteiger partial charge >= 0.3 is 0 Å². The number of hydrogen-bond acceptors (Lipinski definition) is 7. The second-order valence-electron chi connectivity index (χ2n) is 9.33. The molecule has 2 aliphatic rings. The molecule has 0 saturated heterocycles. The Bertz CT molecular complexity index is 1580. The lowest BCUT2D eigenvalue weighted by Gasteiger charge is -2.16. The van der Waals surface area contributed by atoms with Crippen LogP contribution in [0.2, 0.25) is 0 Å². The predicted octanol–water partition coefficient (Wildman–Crippen LogP) is 10.1. The number of aryl methyl sites for hydroxylation is 2. The van der Waals surface area contributed by atoms with Gasteiger partial charge in [-0.1, -0.05) is 48.6 Å². The SMILES string of the molecule is C/C=C/c1ccc(/C=C/c2sc(C)c3c2OCCO3)cc1.C/C=C/c1ccc(/C=C/c2sc(C)c3c2OCCO3)s1. The van der Waals surface area contributed by atoms with Crippen molar-refractivity contribution in [2.45, 2.75) is 27.7 Å². The molecule has 4 nitrogen and oxygen atoms in total. The van der Waals surface area contributed by atoms with E-state index in [9.17, 15) is 0 Å². The van der Waals surface area contributed by atoms with Gasteiger partial charge in [0.2, 0.25) is 0 Å². The molecule has 2 aliphatic heterocycles. The van der Waals surface area contributed by atoms with Crippen molar-refractivity contribution in [2.75, 3.05) is 26.4 Å². The number of hydrogen-bond donors (Lipinski definition) is 0. The molecule has 0 unspecified atom stereocenters. The topological polar surface area (TPSA) is 36.9 Å². The van der Waals surface area contributed by atoms with E-state index in [2.05, 4.69) is 92.8 Å². The van der Waals surface area contributed by atoms with Gasteiger partial charge in [-0.15, -0.1) is 34.0 Å². The molecule has 1 aromatic carbocycles. The molecule has 212 valence electrons. The zero-order valence-corrected chi connectivity index (χ0v) is 26.2. The average molecular weight is 603 g/mol. The maximum atomic E-state index is 5.74. The van der Waals surface area contributed by atoms with Crippen molar-refractivity contribution in [1.82, 2.24) is 0 Å². The van der Waals surface area contributed by atoms with Gasteiger partial charge in [0.25, 0.3) is 0 Å². The van der Waals surface area contributed by atoms with Crippen LogP contribution < -0.4 is 18.9 Å². The lowest BCUT2D eigenvalue weighted by atomic mass is 10.1. The Morgan fingerprint density at radius 3 is 1.44 bits per heavy atom. The number of rotatable bonds is 6. The van der Waals surface area contributed by atoms with Gasteiger partial charge in [0, 0.05) is 19.5 Å². The van der Waals surface area contributed by atoms with Crippen molar-refractivity contribution in [2.24, 2.45) is 0 Å². The Balaban J connectivity index is 0.000000165. The molecule has 41 heavy (non-hydrogen) atoms.